The van der Waals surface area contributed by atoms with Crippen LogP contribution in [-0.4, -0.2) is 23.7 Å². The molecule has 1 N–H and O–H groups in total. The van der Waals surface area contributed by atoms with E-state index < -0.39 is 23.7 Å². The number of esters is 1. The third kappa shape index (κ3) is 4.66. The zero-order valence-corrected chi connectivity index (χ0v) is 18.2. The highest BCUT2D eigenvalue weighted by Crippen LogP contribution is 2.33. The topological polar surface area (TPSA) is 94.8 Å². The predicted molar refractivity (Wildman–Crippen MR) is 113 cm³/mol. The summed E-state index contributed by atoms with van der Waals surface area (Å²) >= 11 is 0. The monoisotopic (exact) mass is 415 g/mol. The molecule has 0 saturated heterocycles. The van der Waals surface area contributed by atoms with Gasteiger partial charge in [0.2, 0.25) is 0 Å². The third-order valence-corrected chi connectivity index (χ3v) is 5.10. The average Bonchev–Trinajstić information content (AvgIpc) is 3.13. The third-order valence-electron chi connectivity index (χ3n) is 5.10. The van der Waals surface area contributed by atoms with Crippen LogP contribution >= 0.6 is 0 Å². The summed E-state index contributed by atoms with van der Waals surface area (Å²) in [5.74, 6) is -0.283. The molecule has 1 heterocycles. The molecule has 0 fully saturated rings. The van der Waals surface area contributed by atoms with E-state index in [0.29, 0.717) is 29.7 Å². The summed E-state index contributed by atoms with van der Waals surface area (Å²) in [7, 11) is 0. The standard InChI is InChI=1S/C23H29NO6/c1-6-8-17(24-22(27)30-23(3,4)5)21(26)28-18-12-11-15-14-9-7-10-16(14)20(25)29-19(15)13(18)2/h11-12,17H,6-10H2,1-5H3,(H,24,27)/t17-/m1/s1. The van der Waals surface area contributed by atoms with Crippen LogP contribution in [0.3, 0.4) is 0 Å². The molecule has 1 aromatic carbocycles. The van der Waals surface area contributed by atoms with Crippen LogP contribution in [0.1, 0.15) is 63.6 Å². The van der Waals surface area contributed by atoms with Gasteiger partial charge >= 0.3 is 17.7 Å². The summed E-state index contributed by atoms with van der Waals surface area (Å²) in [5.41, 5.74) is 1.81. The van der Waals surface area contributed by atoms with E-state index in [1.54, 1.807) is 33.8 Å². The molecule has 0 saturated carbocycles. The van der Waals surface area contributed by atoms with Crippen molar-refractivity contribution in [2.75, 3.05) is 0 Å². The largest absolute Gasteiger partial charge is 0.444 e. The fourth-order valence-electron chi connectivity index (χ4n) is 3.74. The molecule has 7 nitrogen and oxygen atoms in total. The van der Waals surface area contributed by atoms with Crippen LogP contribution in [0.4, 0.5) is 4.79 Å². The Balaban J connectivity index is 1.84. The minimum absolute atomic E-state index is 0.306. The molecule has 0 aliphatic heterocycles. The van der Waals surface area contributed by atoms with Gasteiger partial charge in [0.25, 0.3) is 0 Å². The number of aryl methyl sites for hydroxylation is 2. The summed E-state index contributed by atoms with van der Waals surface area (Å²) < 4.78 is 16.4. The van der Waals surface area contributed by atoms with Crippen LogP contribution in [0, 0.1) is 6.92 Å². The Bertz CT molecular complexity index is 1030. The Morgan fingerprint density at radius 1 is 1.20 bits per heavy atom. The first-order valence-corrected chi connectivity index (χ1v) is 10.4. The van der Waals surface area contributed by atoms with E-state index in [-0.39, 0.29) is 5.63 Å². The number of ether oxygens (including phenoxy) is 2. The van der Waals surface area contributed by atoms with E-state index in [4.69, 9.17) is 13.9 Å². The van der Waals surface area contributed by atoms with Crippen LogP contribution < -0.4 is 15.7 Å². The second-order valence-electron chi connectivity index (χ2n) is 8.67. The maximum atomic E-state index is 12.8. The zero-order chi connectivity index (χ0) is 22.1. The number of alkyl carbamates (subject to hydrolysis) is 1. The maximum absolute atomic E-state index is 12.8. The molecule has 2 aromatic rings. The van der Waals surface area contributed by atoms with Crippen molar-refractivity contribution in [3.8, 4) is 5.75 Å². The molecule has 0 unspecified atom stereocenters. The molecular weight excluding hydrogens is 386 g/mol. The van der Waals surface area contributed by atoms with Crippen LogP contribution in [0.2, 0.25) is 0 Å². The summed E-state index contributed by atoms with van der Waals surface area (Å²) in [6, 6.07) is 2.70. The van der Waals surface area contributed by atoms with E-state index in [0.717, 1.165) is 35.8 Å². The molecule has 1 aliphatic rings. The fraction of sp³-hybridized carbons (Fsp3) is 0.522. The Hall–Kier alpha value is -2.83. The highest BCUT2D eigenvalue weighted by molar-refractivity contribution is 5.88. The van der Waals surface area contributed by atoms with Crippen molar-refractivity contribution >= 4 is 23.0 Å². The highest BCUT2D eigenvalue weighted by atomic mass is 16.6. The first-order chi connectivity index (χ1) is 14.1. The van der Waals surface area contributed by atoms with Crippen LogP contribution in [0.5, 0.6) is 5.75 Å². The lowest BCUT2D eigenvalue weighted by Gasteiger charge is -2.23. The number of hydrogen-bond acceptors (Lipinski definition) is 6. The van der Waals surface area contributed by atoms with Crippen LogP contribution in [-0.2, 0) is 22.4 Å². The summed E-state index contributed by atoms with van der Waals surface area (Å²) in [6.07, 6.45) is 2.92. The van der Waals surface area contributed by atoms with E-state index in [2.05, 4.69) is 5.32 Å². The minimum Gasteiger partial charge on any atom is -0.444 e. The molecule has 1 aromatic heterocycles. The zero-order valence-electron chi connectivity index (χ0n) is 18.2. The molecule has 0 radical (unpaired) electrons. The molecule has 162 valence electrons. The van der Waals surface area contributed by atoms with Gasteiger partial charge in [-0.15, -0.1) is 0 Å². The van der Waals surface area contributed by atoms with E-state index in [1.807, 2.05) is 13.0 Å². The quantitative estimate of drug-likeness (QED) is 0.447. The molecule has 0 spiro atoms. The van der Waals surface area contributed by atoms with Crippen molar-refractivity contribution < 1.29 is 23.5 Å². The number of carbonyl (C=O) groups is 2. The van der Waals surface area contributed by atoms with Gasteiger partial charge in [-0.1, -0.05) is 13.3 Å². The van der Waals surface area contributed by atoms with Gasteiger partial charge in [0, 0.05) is 16.5 Å². The number of hydrogen-bond donors (Lipinski definition) is 1. The normalized spacial score (nSPS) is 14.3. The molecule has 30 heavy (non-hydrogen) atoms. The van der Waals surface area contributed by atoms with Crippen molar-refractivity contribution in [2.45, 2.75) is 78.4 Å². The van der Waals surface area contributed by atoms with Crippen molar-refractivity contribution in [1.29, 1.82) is 0 Å². The second-order valence-corrected chi connectivity index (χ2v) is 8.67. The minimum atomic E-state index is -0.841. The molecule has 1 amide bonds. The first-order valence-electron chi connectivity index (χ1n) is 10.4. The van der Waals surface area contributed by atoms with Gasteiger partial charge in [-0.05, 0) is 71.1 Å². The second kappa shape index (κ2) is 8.50. The molecule has 1 aliphatic carbocycles. The summed E-state index contributed by atoms with van der Waals surface area (Å²) in [4.78, 5) is 37.2. The number of nitrogens with one attached hydrogen (secondary N) is 1. The highest BCUT2D eigenvalue weighted by Gasteiger charge is 2.27. The fourth-order valence-corrected chi connectivity index (χ4v) is 3.74. The average molecular weight is 415 g/mol. The number of rotatable bonds is 5. The van der Waals surface area contributed by atoms with Gasteiger partial charge in [0.15, 0.2) is 0 Å². The van der Waals surface area contributed by atoms with Gasteiger partial charge in [0.1, 0.15) is 23.0 Å². The Morgan fingerprint density at radius 2 is 1.90 bits per heavy atom. The summed E-state index contributed by atoms with van der Waals surface area (Å²) in [6.45, 7) is 8.92. The van der Waals surface area contributed by atoms with Gasteiger partial charge in [-0.25, -0.2) is 14.4 Å². The molecule has 1 atom stereocenters. The molecule has 3 rings (SSSR count). The number of fused-ring (bicyclic) bond motifs is 3. The lowest BCUT2D eigenvalue weighted by molar-refractivity contribution is -0.137. The van der Waals surface area contributed by atoms with Gasteiger partial charge in [0.05, 0.1) is 0 Å². The molecule has 0 bridgehead atoms. The van der Waals surface area contributed by atoms with Gasteiger partial charge in [-0.3, -0.25) is 0 Å². The first kappa shape index (κ1) is 21.9. The van der Waals surface area contributed by atoms with Gasteiger partial charge in [-0.2, -0.15) is 0 Å². The van der Waals surface area contributed by atoms with Crippen LogP contribution in [0.25, 0.3) is 11.0 Å². The Labute approximate surface area is 175 Å². The predicted octanol–water partition coefficient (Wildman–Crippen LogP) is 4.19. The van der Waals surface area contributed by atoms with Crippen LogP contribution in [0.15, 0.2) is 21.3 Å². The Kier molecular flexibility index (Phi) is 6.19. The maximum Gasteiger partial charge on any atom is 0.408 e. The SMILES string of the molecule is CCC[C@@H](NC(=O)OC(C)(C)C)C(=O)Oc1ccc2c3c(c(=O)oc2c1C)CCC3. The van der Waals surface area contributed by atoms with Gasteiger partial charge < -0.3 is 19.2 Å². The number of amides is 1. The van der Waals surface area contributed by atoms with Crippen molar-refractivity contribution in [3.05, 3.63) is 39.2 Å². The smallest absolute Gasteiger partial charge is 0.408 e. The lowest BCUT2D eigenvalue weighted by atomic mass is 10.0. The number of benzene rings is 1. The number of carbonyl (C=O) groups excluding carboxylic acids is 2. The van der Waals surface area contributed by atoms with E-state index >= 15 is 0 Å². The van der Waals surface area contributed by atoms with Crippen molar-refractivity contribution in [1.82, 2.24) is 5.32 Å². The van der Waals surface area contributed by atoms with E-state index in [9.17, 15) is 14.4 Å². The lowest BCUT2D eigenvalue weighted by Crippen LogP contribution is -2.45. The summed E-state index contributed by atoms with van der Waals surface area (Å²) in [5, 5.41) is 3.47. The van der Waals surface area contributed by atoms with Crippen molar-refractivity contribution in [2.24, 2.45) is 0 Å². The van der Waals surface area contributed by atoms with E-state index in [1.165, 1.54) is 0 Å². The van der Waals surface area contributed by atoms with Crippen molar-refractivity contribution in [3.63, 3.8) is 0 Å². The Morgan fingerprint density at radius 3 is 2.57 bits per heavy atom. The molecule has 7 heteroatoms. The molecular formula is C23H29NO6.